The smallest absolute Gasteiger partial charge is 0.383 e. The maximum atomic E-state index is 12.1. The van der Waals surface area contributed by atoms with Gasteiger partial charge in [0.25, 0.3) is 0 Å². The highest BCUT2D eigenvalue weighted by molar-refractivity contribution is 4.77. The van der Waals surface area contributed by atoms with E-state index in [1.165, 1.54) is 7.11 Å². The molecule has 13 heavy (non-hydrogen) atoms. The largest absolute Gasteiger partial charge is 0.454 e. The van der Waals surface area contributed by atoms with Crippen LogP contribution in [0.1, 0.15) is 0 Å². The van der Waals surface area contributed by atoms with Gasteiger partial charge in [-0.1, -0.05) is 0 Å². The molecule has 1 N–H and O–H groups in total. The number of rotatable bonds is 5. The van der Waals surface area contributed by atoms with Crippen LogP contribution in [0.4, 0.5) is 22.0 Å². The molecule has 7 heteroatoms. The number of methoxy groups -OCH3 is 1. The van der Waals surface area contributed by atoms with Crippen molar-refractivity contribution in [3.8, 4) is 0 Å². The van der Waals surface area contributed by atoms with Crippen LogP contribution in [0.2, 0.25) is 0 Å². The molecule has 0 aliphatic heterocycles. The lowest BCUT2D eigenvalue weighted by Gasteiger charge is -2.19. The Morgan fingerprint density at radius 1 is 1.15 bits per heavy atom. The van der Waals surface area contributed by atoms with E-state index in [4.69, 9.17) is 0 Å². The molecule has 0 spiro atoms. The van der Waals surface area contributed by atoms with Crippen molar-refractivity contribution in [3.05, 3.63) is 0 Å². The maximum Gasteiger partial charge on any atom is 0.454 e. The molecule has 80 valence electrons. The Bertz CT molecular complexity index is 146. The van der Waals surface area contributed by atoms with E-state index >= 15 is 0 Å². The average Bonchev–Trinajstić information content (AvgIpc) is 1.96. The molecule has 0 rings (SSSR count). The van der Waals surface area contributed by atoms with Gasteiger partial charge >= 0.3 is 12.1 Å². The van der Waals surface area contributed by atoms with E-state index in [-0.39, 0.29) is 13.2 Å². The number of hydrogen-bond acceptors (Lipinski definition) is 2. The molecule has 0 bridgehead atoms. The highest BCUT2D eigenvalue weighted by Gasteiger charge is 2.56. The van der Waals surface area contributed by atoms with Gasteiger partial charge in [0, 0.05) is 13.7 Å². The first kappa shape index (κ1) is 12.6. The van der Waals surface area contributed by atoms with Crippen LogP contribution < -0.4 is 5.32 Å². The molecular weight excluding hydrogens is 197 g/mol. The molecule has 0 saturated carbocycles. The number of alkyl halides is 5. The Balaban J connectivity index is 3.77. The number of hydrogen-bond donors (Lipinski definition) is 1. The van der Waals surface area contributed by atoms with Crippen molar-refractivity contribution < 1.29 is 26.7 Å². The fraction of sp³-hybridized carbons (Fsp3) is 1.00. The summed E-state index contributed by atoms with van der Waals surface area (Å²) in [4.78, 5) is 0. The molecule has 0 radical (unpaired) electrons. The van der Waals surface area contributed by atoms with Crippen molar-refractivity contribution in [2.75, 3.05) is 26.8 Å². The van der Waals surface area contributed by atoms with Crippen LogP contribution in [-0.2, 0) is 4.74 Å². The third-order valence-corrected chi connectivity index (χ3v) is 1.24. The Labute approximate surface area is 72.1 Å². The van der Waals surface area contributed by atoms with Gasteiger partial charge in [0.1, 0.15) is 0 Å². The topological polar surface area (TPSA) is 21.3 Å². The molecule has 0 aliphatic rings. The number of halogens is 5. The third kappa shape index (κ3) is 4.37. The molecule has 0 aliphatic carbocycles. The normalized spacial score (nSPS) is 13.4. The van der Waals surface area contributed by atoms with E-state index in [2.05, 4.69) is 4.74 Å². The van der Waals surface area contributed by atoms with E-state index in [1.807, 2.05) is 5.32 Å². The predicted octanol–water partition coefficient (Wildman–Crippen LogP) is 1.42. The summed E-state index contributed by atoms with van der Waals surface area (Å²) in [6, 6.07) is 0. The standard InChI is InChI=1S/C6H10F5NO/c1-13-3-2-12-4-5(7,8)6(9,10)11/h12H,2-4H2,1H3. The Morgan fingerprint density at radius 2 is 1.69 bits per heavy atom. The summed E-state index contributed by atoms with van der Waals surface area (Å²) in [5.74, 6) is -4.68. The van der Waals surface area contributed by atoms with Gasteiger partial charge in [-0.25, -0.2) is 0 Å². The van der Waals surface area contributed by atoms with Crippen LogP contribution in [0.3, 0.4) is 0 Å². The summed E-state index contributed by atoms with van der Waals surface area (Å²) in [6.45, 7) is -1.37. The van der Waals surface area contributed by atoms with Crippen LogP contribution in [0.25, 0.3) is 0 Å². The van der Waals surface area contributed by atoms with Crippen LogP contribution in [0, 0.1) is 0 Å². The van der Waals surface area contributed by atoms with Crippen molar-refractivity contribution in [3.63, 3.8) is 0 Å². The van der Waals surface area contributed by atoms with Gasteiger partial charge in [0.2, 0.25) is 0 Å². The van der Waals surface area contributed by atoms with Crippen molar-refractivity contribution in [1.82, 2.24) is 5.32 Å². The number of nitrogens with one attached hydrogen (secondary N) is 1. The molecule has 0 fully saturated rings. The monoisotopic (exact) mass is 207 g/mol. The summed E-state index contributed by atoms with van der Waals surface area (Å²) in [7, 11) is 1.32. The van der Waals surface area contributed by atoms with Gasteiger partial charge in [-0.3, -0.25) is 0 Å². The zero-order valence-corrected chi connectivity index (χ0v) is 6.92. The second-order valence-corrected chi connectivity index (χ2v) is 2.37. The third-order valence-electron chi connectivity index (χ3n) is 1.24. The van der Waals surface area contributed by atoms with Crippen molar-refractivity contribution in [2.45, 2.75) is 12.1 Å². The Kier molecular flexibility index (Phi) is 4.55. The second-order valence-electron chi connectivity index (χ2n) is 2.37. The molecule has 0 aromatic carbocycles. The first-order valence-corrected chi connectivity index (χ1v) is 3.45. The van der Waals surface area contributed by atoms with E-state index in [9.17, 15) is 22.0 Å². The lowest BCUT2D eigenvalue weighted by Crippen LogP contribution is -2.45. The van der Waals surface area contributed by atoms with Gasteiger partial charge in [-0.15, -0.1) is 0 Å². The molecular formula is C6H10F5NO. The Hall–Kier alpha value is -0.430. The predicted molar refractivity (Wildman–Crippen MR) is 35.7 cm³/mol. The van der Waals surface area contributed by atoms with Gasteiger partial charge in [-0.05, 0) is 0 Å². The van der Waals surface area contributed by atoms with Crippen LogP contribution in [0.5, 0.6) is 0 Å². The zero-order chi connectivity index (χ0) is 10.5. The van der Waals surface area contributed by atoms with Gasteiger partial charge < -0.3 is 10.1 Å². The van der Waals surface area contributed by atoms with Gasteiger partial charge in [0.05, 0.1) is 13.2 Å². The van der Waals surface area contributed by atoms with Crippen LogP contribution in [-0.4, -0.2) is 38.9 Å². The molecule has 0 saturated heterocycles. The van der Waals surface area contributed by atoms with Crippen molar-refractivity contribution >= 4 is 0 Å². The minimum Gasteiger partial charge on any atom is -0.383 e. The van der Waals surface area contributed by atoms with E-state index in [0.29, 0.717) is 0 Å². The molecule has 0 aromatic rings. The highest BCUT2D eigenvalue weighted by atomic mass is 19.4. The molecule has 0 heterocycles. The van der Waals surface area contributed by atoms with Crippen LogP contribution in [0.15, 0.2) is 0 Å². The maximum absolute atomic E-state index is 12.1. The summed E-state index contributed by atoms with van der Waals surface area (Å²) >= 11 is 0. The quantitative estimate of drug-likeness (QED) is 0.543. The lowest BCUT2D eigenvalue weighted by atomic mass is 10.3. The summed E-state index contributed by atoms with van der Waals surface area (Å²) < 4.78 is 63.3. The molecule has 0 unspecified atom stereocenters. The van der Waals surface area contributed by atoms with Gasteiger partial charge in [-0.2, -0.15) is 22.0 Å². The molecule has 0 atom stereocenters. The zero-order valence-electron chi connectivity index (χ0n) is 6.92. The highest BCUT2D eigenvalue weighted by Crippen LogP contribution is 2.34. The van der Waals surface area contributed by atoms with E-state index in [1.54, 1.807) is 0 Å². The minimum absolute atomic E-state index is 0.0395. The minimum atomic E-state index is -5.49. The summed E-state index contributed by atoms with van der Waals surface area (Å²) in [5, 5.41) is 1.94. The fourth-order valence-electron chi connectivity index (χ4n) is 0.520. The van der Waals surface area contributed by atoms with Gasteiger partial charge in [0.15, 0.2) is 0 Å². The summed E-state index contributed by atoms with van der Waals surface area (Å²) in [5.41, 5.74) is 0. The molecule has 0 amide bonds. The van der Waals surface area contributed by atoms with Crippen molar-refractivity contribution in [2.24, 2.45) is 0 Å². The van der Waals surface area contributed by atoms with E-state index < -0.39 is 18.6 Å². The molecule has 2 nitrogen and oxygen atoms in total. The first-order chi connectivity index (χ1) is 5.81. The SMILES string of the molecule is COCCNCC(F)(F)C(F)(F)F. The lowest BCUT2D eigenvalue weighted by molar-refractivity contribution is -0.279. The summed E-state index contributed by atoms with van der Waals surface area (Å²) in [6.07, 6.45) is -5.49. The number of ether oxygens (including phenoxy) is 1. The average molecular weight is 207 g/mol. The second kappa shape index (κ2) is 4.71. The Morgan fingerprint density at radius 3 is 2.08 bits per heavy atom. The fourth-order valence-corrected chi connectivity index (χ4v) is 0.520. The first-order valence-electron chi connectivity index (χ1n) is 3.45. The van der Waals surface area contributed by atoms with Crippen LogP contribution >= 0.6 is 0 Å². The molecule has 0 aromatic heterocycles. The van der Waals surface area contributed by atoms with E-state index in [0.717, 1.165) is 0 Å². The van der Waals surface area contributed by atoms with Crippen molar-refractivity contribution in [1.29, 1.82) is 0 Å².